The molecule has 0 spiro atoms. The fourth-order valence-corrected chi connectivity index (χ4v) is 1.52. The van der Waals surface area contributed by atoms with Crippen molar-refractivity contribution in [2.24, 2.45) is 0 Å². The van der Waals surface area contributed by atoms with Crippen LogP contribution in [0.25, 0.3) is 11.5 Å². The highest BCUT2D eigenvalue weighted by atomic mass is 32.3. The van der Waals surface area contributed by atoms with Crippen molar-refractivity contribution in [3.63, 3.8) is 0 Å². The van der Waals surface area contributed by atoms with Crippen LogP contribution in [0.5, 0.6) is 0 Å². The van der Waals surface area contributed by atoms with Crippen LogP contribution >= 0.6 is 0 Å². The molecule has 0 aliphatic rings. The highest BCUT2D eigenvalue weighted by Crippen LogP contribution is 2.12. The molecule has 96 valence electrons. The molecule has 9 heteroatoms. The highest BCUT2D eigenvalue weighted by molar-refractivity contribution is 7.80. The van der Waals surface area contributed by atoms with E-state index in [1.54, 1.807) is 12.3 Å². The van der Waals surface area contributed by atoms with Crippen LogP contribution in [0.4, 0.5) is 0 Å². The van der Waals surface area contributed by atoms with Gasteiger partial charge in [-0.2, -0.15) is 0 Å². The molecule has 0 amide bonds. The Kier molecular flexibility index (Phi) is 3.65. The lowest BCUT2D eigenvalue weighted by molar-refractivity contribution is -0.754. The van der Waals surface area contributed by atoms with Gasteiger partial charge in [-0.05, 0) is 5.10 Å². The van der Waals surface area contributed by atoms with Gasteiger partial charge in [0.15, 0.2) is 12.7 Å². The molecule has 18 heavy (non-hydrogen) atoms. The molecular weight excluding hydrogens is 262 g/mol. The van der Waals surface area contributed by atoms with Gasteiger partial charge in [0.25, 0.3) is 0 Å². The third-order valence-electron chi connectivity index (χ3n) is 2.00. The maximum Gasteiger partial charge on any atom is 0.227 e. The number of nitrogens with zero attached hydrogens (tertiary/aromatic N) is 3. The smallest absolute Gasteiger partial charge is 0.227 e. The third kappa shape index (κ3) is 3.58. The third-order valence-corrected chi connectivity index (χ3v) is 2.45. The summed E-state index contributed by atoms with van der Waals surface area (Å²) in [5.41, 5.74) is 0.689. The molecule has 0 fully saturated rings. The van der Waals surface area contributed by atoms with Crippen molar-refractivity contribution in [2.45, 2.75) is 6.54 Å². The number of aromatic nitrogens is 3. The Labute approximate surface area is 103 Å². The molecule has 2 aromatic heterocycles. The van der Waals surface area contributed by atoms with Gasteiger partial charge in [0.2, 0.25) is 16.3 Å². The molecule has 8 nitrogen and oxygen atoms in total. The second-order valence-corrected chi connectivity index (χ2v) is 4.30. The summed E-state index contributed by atoms with van der Waals surface area (Å²) in [7, 11) is -4.65. The van der Waals surface area contributed by atoms with Crippen molar-refractivity contribution in [1.29, 1.82) is 0 Å². The van der Waals surface area contributed by atoms with Gasteiger partial charge in [0.1, 0.15) is 19.1 Å². The molecule has 0 atom stereocenters. The van der Waals surface area contributed by atoms with Crippen molar-refractivity contribution in [3.05, 3.63) is 30.9 Å². The quantitative estimate of drug-likeness (QED) is 0.409. The summed E-state index contributed by atoms with van der Waals surface area (Å²) in [6.07, 6.45) is 6.07. The van der Waals surface area contributed by atoms with E-state index in [1.165, 1.54) is 23.3 Å². The standard InChI is InChI=1S/C9H9N3O5S/c13-18(14,15)17-6-4-12-3-1-8(7-11-12)9-10-2-5-16-9/h1-3,5,7H,4,6H2. The van der Waals surface area contributed by atoms with Gasteiger partial charge in [0, 0.05) is 6.07 Å². The molecule has 0 bridgehead atoms. The number of oxazole rings is 1. The molecule has 2 heterocycles. The van der Waals surface area contributed by atoms with Gasteiger partial charge >= 0.3 is 0 Å². The first-order valence-corrected chi connectivity index (χ1v) is 6.24. The van der Waals surface area contributed by atoms with Crippen molar-refractivity contribution < 1.29 is 26.3 Å². The van der Waals surface area contributed by atoms with Gasteiger partial charge in [-0.25, -0.2) is 13.4 Å². The number of hydrogen-bond acceptors (Lipinski definition) is 7. The maximum atomic E-state index is 10.2. The van der Waals surface area contributed by atoms with Gasteiger partial charge in [-0.3, -0.25) is 4.18 Å². The van der Waals surface area contributed by atoms with E-state index in [0.29, 0.717) is 11.5 Å². The zero-order valence-electron chi connectivity index (χ0n) is 9.09. The first kappa shape index (κ1) is 12.6. The Morgan fingerprint density at radius 1 is 1.50 bits per heavy atom. The molecule has 0 unspecified atom stereocenters. The van der Waals surface area contributed by atoms with Crippen molar-refractivity contribution in [3.8, 4) is 11.5 Å². The second kappa shape index (κ2) is 5.21. The van der Waals surface area contributed by atoms with Crippen LogP contribution < -0.4 is 4.68 Å². The SMILES string of the molecule is O=S(=O)([O-])OCC[n+]1ccc(-c2ncco2)cn1. The van der Waals surface area contributed by atoms with E-state index < -0.39 is 10.4 Å². The molecular formula is C9H9N3O5S. The monoisotopic (exact) mass is 271 g/mol. The fourth-order valence-electron chi connectivity index (χ4n) is 1.24. The fraction of sp³-hybridized carbons (Fsp3) is 0.222. The van der Waals surface area contributed by atoms with E-state index in [1.807, 2.05) is 0 Å². The van der Waals surface area contributed by atoms with Crippen LogP contribution in [0, 0.1) is 0 Å². The van der Waals surface area contributed by atoms with E-state index in [-0.39, 0.29) is 13.2 Å². The first-order valence-electron chi connectivity index (χ1n) is 4.90. The zero-order chi connectivity index (χ0) is 13.0. The van der Waals surface area contributed by atoms with E-state index in [4.69, 9.17) is 4.42 Å². The van der Waals surface area contributed by atoms with Crippen LogP contribution in [0.2, 0.25) is 0 Å². The van der Waals surface area contributed by atoms with Crippen LogP contribution in [-0.2, 0) is 21.1 Å². The zero-order valence-corrected chi connectivity index (χ0v) is 9.91. The molecule has 0 aliphatic carbocycles. The summed E-state index contributed by atoms with van der Waals surface area (Å²) in [6, 6.07) is 1.70. The lowest BCUT2D eigenvalue weighted by Crippen LogP contribution is -2.39. The summed E-state index contributed by atoms with van der Waals surface area (Å²) in [6.45, 7) is -0.116. The van der Waals surface area contributed by atoms with Crippen LogP contribution in [-0.4, -0.2) is 29.7 Å². The predicted molar refractivity (Wildman–Crippen MR) is 55.6 cm³/mol. The topological polar surface area (TPSA) is 109 Å². The first-order chi connectivity index (χ1) is 8.54. The second-order valence-electron chi connectivity index (χ2n) is 3.25. The average molecular weight is 271 g/mol. The minimum absolute atomic E-state index is 0.146. The number of rotatable bonds is 5. The molecule has 0 saturated carbocycles. The van der Waals surface area contributed by atoms with Gasteiger partial charge in [-0.1, -0.05) is 4.68 Å². The lowest BCUT2D eigenvalue weighted by Gasteiger charge is -2.04. The summed E-state index contributed by atoms with van der Waals surface area (Å²) < 4.78 is 41.2. The molecule has 0 saturated heterocycles. The summed E-state index contributed by atoms with van der Waals surface area (Å²) in [4.78, 5) is 3.95. The van der Waals surface area contributed by atoms with Crippen molar-refractivity contribution in [1.82, 2.24) is 10.1 Å². The van der Waals surface area contributed by atoms with E-state index in [2.05, 4.69) is 14.3 Å². The largest absolute Gasteiger partial charge is 0.726 e. The Balaban J connectivity index is 1.96. The van der Waals surface area contributed by atoms with E-state index >= 15 is 0 Å². The minimum atomic E-state index is -4.65. The van der Waals surface area contributed by atoms with E-state index in [0.717, 1.165) is 0 Å². The van der Waals surface area contributed by atoms with Crippen LogP contribution in [0.3, 0.4) is 0 Å². The molecule has 0 N–H and O–H groups in total. The Morgan fingerprint density at radius 2 is 2.33 bits per heavy atom. The summed E-state index contributed by atoms with van der Waals surface area (Å²) >= 11 is 0. The summed E-state index contributed by atoms with van der Waals surface area (Å²) in [5, 5.41) is 3.99. The minimum Gasteiger partial charge on any atom is -0.726 e. The summed E-state index contributed by atoms with van der Waals surface area (Å²) in [5.74, 6) is 0.438. The number of hydrogen-bond donors (Lipinski definition) is 0. The van der Waals surface area contributed by atoms with E-state index in [9.17, 15) is 13.0 Å². The van der Waals surface area contributed by atoms with Crippen LogP contribution in [0.1, 0.15) is 0 Å². The Morgan fingerprint density at radius 3 is 2.89 bits per heavy atom. The lowest BCUT2D eigenvalue weighted by atomic mass is 10.3. The highest BCUT2D eigenvalue weighted by Gasteiger charge is 2.08. The van der Waals surface area contributed by atoms with Crippen LogP contribution in [0.15, 0.2) is 35.3 Å². The molecule has 0 radical (unpaired) electrons. The van der Waals surface area contributed by atoms with Crippen molar-refractivity contribution in [2.75, 3.05) is 6.61 Å². The molecule has 0 aliphatic heterocycles. The van der Waals surface area contributed by atoms with Gasteiger partial charge in [-0.15, -0.1) is 0 Å². The van der Waals surface area contributed by atoms with Gasteiger partial charge in [0.05, 0.1) is 11.8 Å². The van der Waals surface area contributed by atoms with Gasteiger partial charge < -0.3 is 8.97 Å². The molecule has 0 aromatic carbocycles. The Bertz CT molecular complexity index is 594. The normalized spacial score (nSPS) is 11.6. The molecule has 2 rings (SSSR count). The Hall–Kier alpha value is -1.84. The van der Waals surface area contributed by atoms with Crippen molar-refractivity contribution >= 4 is 10.4 Å². The average Bonchev–Trinajstić information content (AvgIpc) is 2.82. The maximum absolute atomic E-state index is 10.2. The predicted octanol–water partition coefficient (Wildman–Crippen LogP) is -0.499. The molecule has 2 aromatic rings.